The van der Waals surface area contributed by atoms with Crippen LogP contribution in [0.1, 0.15) is 63.3 Å². The molecule has 1 unspecified atom stereocenters. The molecule has 2 aliphatic rings. The summed E-state index contributed by atoms with van der Waals surface area (Å²) in [5.74, 6) is 3.45. The Morgan fingerprint density at radius 1 is 1.11 bits per heavy atom. The van der Waals surface area contributed by atoms with Gasteiger partial charge in [-0.05, 0) is 36.8 Å². The number of imidazole rings is 1. The number of H-pyrrole nitrogens is 1. The Kier molecular flexibility index (Phi) is 5.23. The van der Waals surface area contributed by atoms with E-state index in [1.165, 1.54) is 24.1 Å². The number of anilines is 2. The van der Waals surface area contributed by atoms with Crippen LogP contribution in [-0.2, 0) is 17.2 Å². The minimum absolute atomic E-state index is 0.0486. The molecule has 38 heavy (non-hydrogen) atoms. The summed E-state index contributed by atoms with van der Waals surface area (Å²) in [6, 6.07) is 6.52. The molecule has 1 saturated heterocycles. The standard InChI is InChI=1S/C28H32N8O2/c1-28(2,3)23-11-24(34-36(23)18-7-8-37-15-18)32-27-33-26-21(35(27)4)10-19(13-30-26)38-22-14-31-25-20(22)9-17(12-29-25)16-5-6-16/h9-14,16,18H,5-8,15H2,1-4H3,(H,29,31)(H,30,32,33,34). The fraction of sp³-hybridized carbons (Fsp3) is 0.429. The highest BCUT2D eigenvalue weighted by molar-refractivity contribution is 5.84. The van der Waals surface area contributed by atoms with Gasteiger partial charge in [-0.15, -0.1) is 0 Å². The normalized spacial score (nSPS) is 18.1. The summed E-state index contributed by atoms with van der Waals surface area (Å²) < 4.78 is 16.0. The van der Waals surface area contributed by atoms with Gasteiger partial charge in [0.05, 0.1) is 29.7 Å². The number of aryl methyl sites for hydroxylation is 1. The lowest BCUT2D eigenvalue weighted by Gasteiger charge is -2.22. The van der Waals surface area contributed by atoms with E-state index in [2.05, 4.69) is 57.9 Å². The number of nitrogens with one attached hydrogen (secondary N) is 2. The molecular weight excluding hydrogens is 480 g/mol. The van der Waals surface area contributed by atoms with Crippen molar-refractivity contribution in [2.45, 2.75) is 57.4 Å². The van der Waals surface area contributed by atoms with E-state index in [0.29, 0.717) is 29.9 Å². The van der Waals surface area contributed by atoms with Gasteiger partial charge in [0.2, 0.25) is 5.95 Å². The maximum atomic E-state index is 6.27. The molecule has 6 heterocycles. The van der Waals surface area contributed by atoms with Gasteiger partial charge in [0.25, 0.3) is 0 Å². The molecule has 1 aliphatic carbocycles. The lowest BCUT2D eigenvalue weighted by molar-refractivity contribution is 0.183. The van der Waals surface area contributed by atoms with E-state index in [0.717, 1.165) is 41.1 Å². The van der Waals surface area contributed by atoms with Crippen LogP contribution in [0.4, 0.5) is 11.8 Å². The lowest BCUT2D eigenvalue weighted by atomic mass is 9.91. The van der Waals surface area contributed by atoms with Crippen LogP contribution in [0, 0.1) is 0 Å². The highest BCUT2D eigenvalue weighted by Crippen LogP contribution is 2.42. The van der Waals surface area contributed by atoms with Crippen LogP contribution in [0.15, 0.2) is 36.8 Å². The maximum Gasteiger partial charge on any atom is 0.210 e. The van der Waals surface area contributed by atoms with Gasteiger partial charge in [-0.1, -0.05) is 20.8 Å². The van der Waals surface area contributed by atoms with Crippen molar-refractivity contribution < 1.29 is 9.47 Å². The average Bonchev–Trinajstić information content (AvgIpc) is 3.23. The van der Waals surface area contributed by atoms with Crippen LogP contribution >= 0.6 is 0 Å². The number of aromatic nitrogens is 7. The Hall–Kier alpha value is -3.92. The Bertz CT molecular complexity index is 1650. The predicted molar refractivity (Wildman–Crippen MR) is 145 cm³/mol. The van der Waals surface area contributed by atoms with Gasteiger partial charge in [-0.2, -0.15) is 10.1 Å². The summed E-state index contributed by atoms with van der Waals surface area (Å²) in [6.07, 6.45) is 8.97. The number of hydrogen-bond acceptors (Lipinski definition) is 7. The molecule has 2 N–H and O–H groups in total. The number of ether oxygens (including phenoxy) is 2. The van der Waals surface area contributed by atoms with Crippen molar-refractivity contribution in [2.75, 3.05) is 18.5 Å². The number of aromatic amines is 1. The molecule has 0 bridgehead atoms. The maximum absolute atomic E-state index is 6.27. The molecule has 0 spiro atoms. The van der Waals surface area contributed by atoms with Crippen molar-refractivity contribution >= 4 is 34.0 Å². The van der Waals surface area contributed by atoms with Crippen LogP contribution in [-0.4, -0.2) is 47.5 Å². The van der Waals surface area contributed by atoms with E-state index >= 15 is 0 Å². The molecule has 1 atom stereocenters. The van der Waals surface area contributed by atoms with Crippen LogP contribution in [0.3, 0.4) is 0 Å². The van der Waals surface area contributed by atoms with E-state index in [1.807, 2.05) is 30.1 Å². The Labute approximate surface area is 220 Å². The third-order valence-corrected chi connectivity index (χ3v) is 7.50. The molecule has 0 radical (unpaired) electrons. The fourth-order valence-electron chi connectivity index (χ4n) is 5.19. The summed E-state index contributed by atoms with van der Waals surface area (Å²) in [6.45, 7) is 8.08. The van der Waals surface area contributed by atoms with Gasteiger partial charge in [-0.3, -0.25) is 4.68 Å². The molecule has 2 fully saturated rings. The van der Waals surface area contributed by atoms with E-state index in [4.69, 9.17) is 19.6 Å². The summed E-state index contributed by atoms with van der Waals surface area (Å²) in [7, 11) is 1.97. The molecule has 7 rings (SSSR count). The van der Waals surface area contributed by atoms with Gasteiger partial charge >= 0.3 is 0 Å². The number of fused-ring (bicyclic) bond motifs is 2. The highest BCUT2D eigenvalue weighted by Gasteiger charge is 2.28. The number of nitrogens with zero attached hydrogens (tertiary/aromatic N) is 6. The fourth-order valence-corrected chi connectivity index (χ4v) is 5.19. The van der Waals surface area contributed by atoms with Crippen LogP contribution in [0.25, 0.3) is 22.2 Å². The Morgan fingerprint density at radius 3 is 2.74 bits per heavy atom. The molecule has 1 aliphatic heterocycles. The second-order valence-corrected chi connectivity index (χ2v) is 11.5. The monoisotopic (exact) mass is 512 g/mol. The van der Waals surface area contributed by atoms with E-state index in [1.54, 1.807) is 6.20 Å². The highest BCUT2D eigenvalue weighted by atomic mass is 16.5. The SMILES string of the molecule is Cn1c(Nc2cc(C(C)(C)C)n(C3CCOC3)n2)nc2ncc(Oc3c[nH]c4ncc(C5CC5)cc34)cc21. The van der Waals surface area contributed by atoms with E-state index in [-0.39, 0.29) is 11.5 Å². The summed E-state index contributed by atoms with van der Waals surface area (Å²) in [5.41, 5.74) is 4.72. The van der Waals surface area contributed by atoms with Crippen molar-refractivity contribution in [1.82, 2.24) is 34.3 Å². The molecule has 0 amide bonds. The average molecular weight is 513 g/mol. The third-order valence-electron chi connectivity index (χ3n) is 7.50. The minimum atomic E-state index is -0.0486. The van der Waals surface area contributed by atoms with Gasteiger partial charge in [0, 0.05) is 49.3 Å². The second kappa shape index (κ2) is 8.56. The third kappa shape index (κ3) is 4.09. The molecule has 10 nitrogen and oxygen atoms in total. The first-order valence-corrected chi connectivity index (χ1v) is 13.3. The minimum Gasteiger partial charge on any atom is -0.453 e. The molecule has 1 saturated carbocycles. The van der Waals surface area contributed by atoms with Gasteiger partial charge in [0.15, 0.2) is 17.2 Å². The van der Waals surface area contributed by atoms with Crippen molar-refractivity contribution in [3.8, 4) is 11.5 Å². The van der Waals surface area contributed by atoms with Crippen LogP contribution in [0.2, 0.25) is 0 Å². The largest absolute Gasteiger partial charge is 0.453 e. The molecule has 0 aromatic carbocycles. The van der Waals surface area contributed by atoms with Crippen molar-refractivity contribution in [2.24, 2.45) is 7.05 Å². The first-order chi connectivity index (χ1) is 18.3. The smallest absolute Gasteiger partial charge is 0.210 e. The van der Waals surface area contributed by atoms with Crippen molar-refractivity contribution in [1.29, 1.82) is 0 Å². The van der Waals surface area contributed by atoms with Crippen molar-refractivity contribution in [3.05, 3.63) is 48.0 Å². The van der Waals surface area contributed by atoms with Crippen LogP contribution in [0.5, 0.6) is 11.5 Å². The van der Waals surface area contributed by atoms with Crippen LogP contribution < -0.4 is 10.1 Å². The molecule has 196 valence electrons. The molecular formula is C28H32N8O2. The second-order valence-electron chi connectivity index (χ2n) is 11.5. The Balaban J connectivity index is 1.17. The zero-order valence-electron chi connectivity index (χ0n) is 22.2. The van der Waals surface area contributed by atoms with Gasteiger partial charge in [-0.25, -0.2) is 9.97 Å². The molecule has 5 aromatic rings. The van der Waals surface area contributed by atoms with E-state index in [9.17, 15) is 0 Å². The number of pyridine rings is 2. The first kappa shape index (κ1) is 23.2. The summed E-state index contributed by atoms with van der Waals surface area (Å²) in [5, 5.41) is 9.30. The Morgan fingerprint density at radius 2 is 1.97 bits per heavy atom. The summed E-state index contributed by atoms with van der Waals surface area (Å²) in [4.78, 5) is 17.1. The van der Waals surface area contributed by atoms with E-state index < -0.39 is 0 Å². The molecule has 10 heteroatoms. The van der Waals surface area contributed by atoms with Gasteiger partial charge in [0.1, 0.15) is 11.4 Å². The predicted octanol–water partition coefficient (Wildman–Crippen LogP) is 5.71. The quantitative estimate of drug-likeness (QED) is 0.300. The van der Waals surface area contributed by atoms with Gasteiger partial charge < -0.3 is 24.3 Å². The topological polar surface area (TPSA) is 108 Å². The lowest BCUT2D eigenvalue weighted by Crippen LogP contribution is -2.22. The molecule has 5 aromatic heterocycles. The number of rotatable bonds is 6. The number of hydrogen-bond donors (Lipinski definition) is 2. The summed E-state index contributed by atoms with van der Waals surface area (Å²) >= 11 is 0. The zero-order valence-corrected chi connectivity index (χ0v) is 22.2. The zero-order chi connectivity index (χ0) is 26.0. The van der Waals surface area contributed by atoms with Crippen molar-refractivity contribution in [3.63, 3.8) is 0 Å². The first-order valence-electron chi connectivity index (χ1n) is 13.3.